The average Bonchev–Trinajstić information content (AvgIpc) is 2.42. The molecule has 0 atom stereocenters. The highest BCUT2D eigenvalue weighted by molar-refractivity contribution is 7.85. The standard InChI is InChI=1S/C17H34N2OS/c1-15-5-7-17(8-6-15,13-18-16(2,3)4)14-19-9-11-21(20)12-10-19/h15,18H,5-14H2,1-4H3. The fraction of sp³-hybridized carbons (Fsp3) is 1.00. The molecule has 4 heteroatoms. The Balaban J connectivity index is 1.96. The van der Waals surface area contributed by atoms with Gasteiger partial charge in [-0.05, 0) is 44.9 Å². The molecule has 0 aromatic heterocycles. The molecule has 1 aliphatic carbocycles. The Morgan fingerprint density at radius 3 is 2.29 bits per heavy atom. The van der Waals surface area contributed by atoms with Gasteiger partial charge in [0.1, 0.15) is 0 Å². The molecule has 0 unspecified atom stereocenters. The highest BCUT2D eigenvalue weighted by Crippen LogP contribution is 2.39. The molecule has 2 rings (SSSR count). The Labute approximate surface area is 133 Å². The Morgan fingerprint density at radius 1 is 1.19 bits per heavy atom. The maximum Gasteiger partial charge on any atom is 0.0363 e. The Morgan fingerprint density at radius 2 is 1.76 bits per heavy atom. The molecular weight excluding hydrogens is 280 g/mol. The van der Waals surface area contributed by atoms with E-state index in [-0.39, 0.29) is 5.54 Å². The average molecular weight is 315 g/mol. The van der Waals surface area contributed by atoms with E-state index >= 15 is 0 Å². The van der Waals surface area contributed by atoms with Gasteiger partial charge in [-0.15, -0.1) is 0 Å². The Kier molecular flexibility index (Phi) is 5.89. The monoisotopic (exact) mass is 314 g/mol. The van der Waals surface area contributed by atoms with Gasteiger partial charge in [0.15, 0.2) is 0 Å². The summed E-state index contributed by atoms with van der Waals surface area (Å²) in [6, 6.07) is 0. The summed E-state index contributed by atoms with van der Waals surface area (Å²) in [5.74, 6) is 2.64. The van der Waals surface area contributed by atoms with E-state index in [9.17, 15) is 4.21 Å². The zero-order chi connectivity index (χ0) is 15.5. The summed E-state index contributed by atoms with van der Waals surface area (Å²) >= 11 is 0. The third kappa shape index (κ3) is 5.65. The SMILES string of the molecule is CC1CCC(CNC(C)(C)C)(CN2CCS(=O)CC2)CC1. The molecule has 1 saturated carbocycles. The molecule has 0 aromatic rings. The maximum absolute atomic E-state index is 11.6. The summed E-state index contributed by atoms with van der Waals surface area (Å²) in [6.45, 7) is 13.6. The van der Waals surface area contributed by atoms with Crippen LogP contribution in [0.1, 0.15) is 53.4 Å². The summed E-state index contributed by atoms with van der Waals surface area (Å²) in [6.07, 6.45) is 5.42. The van der Waals surface area contributed by atoms with Crippen molar-refractivity contribution in [2.24, 2.45) is 11.3 Å². The largest absolute Gasteiger partial charge is 0.311 e. The summed E-state index contributed by atoms with van der Waals surface area (Å²) in [5, 5.41) is 3.76. The molecule has 0 aromatic carbocycles. The number of nitrogens with zero attached hydrogens (tertiary/aromatic N) is 1. The van der Waals surface area contributed by atoms with Crippen LogP contribution in [0, 0.1) is 11.3 Å². The molecular formula is C17H34N2OS. The first-order valence-electron chi connectivity index (χ1n) is 8.60. The number of nitrogens with one attached hydrogen (secondary N) is 1. The van der Waals surface area contributed by atoms with Gasteiger partial charge in [-0.1, -0.05) is 19.8 Å². The van der Waals surface area contributed by atoms with E-state index in [1.807, 2.05) is 0 Å². The predicted octanol–water partition coefficient (Wildman–Crippen LogP) is 2.64. The van der Waals surface area contributed by atoms with Gasteiger partial charge in [0.25, 0.3) is 0 Å². The van der Waals surface area contributed by atoms with Crippen molar-refractivity contribution in [3.63, 3.8) is 0 Å². The van der Waals surface area contributed by atoms with E-state index in [0.717, 1.165) is 37.1 Å². The number of rotatable bonds is 4. The quantitative estimate of drug-likeness (QED) is 0.866. The third-order valence-corrected chi connectivity index (χ3v) is 6.43. The Bertz CT molecular complexity index is 346. The number of hydrogen-bond acceptors (Lipinski definition) is 3. The Hall–Kier alpha value is 0.0700. The highest BCUT2D eigenvalue weighted by atomic mass is 32.2. The van der Waals surface area contributed by atoms with E-state index in [2.05, 4.69) is 37.9 Å². The molecule has 3 nitrogen and oxygen atoms in total. The van der Waals surface area contributed by atoms with Gasteiger partial charge in [0, 0.05) is 54.0 Å². The molecule has 0 bridgehead atoms. The summed E-state index contributed by atoms with van der Waals surface area (Å²) in [5.41, 5.74) is 0.623. The van der Waals surface area contributed by atoms with Gasteiger partial charge < -0.3 is 10.2 Å². The third-order valence-electron chi connectivity index (χ3n) is 5.16. The van der Waals surface area contributed by atoms with Crippen molar-refractivity contribution in [3.05, 3.63) is 0 Å². The molecule has 124 valence electrons. The predicted molar refractivity (Wildman–Crippen MR) is 92.1 cm³/mol. The summed E-state index contributed by atoms with van der Waals surface area (Å²) in [4.78, 5) is 2.57. The minimum absolute atomic E-state index is 0.194. The van der Waals surface area contributed by atoms with E-state index in [1.165, 1.54) is 32.2 Å². The van der Waals surface area contributed by atoms with Crippen molar-refractivity contribution >= 4 is 10.8 Å². The van der Waals surface area contributed by atoms with Crippen molar-refractivity contribution < 1.29 is 4.21 Å². The molecule has 1 aliphatic heterocycles. The second-order valence-electron chi connectivity index (χ2n) is 8.41. The van der Waals surface area contributed by atoms with Gasteiger partial charge in [0.05, 0.1) is 0 Å². The lowest BCUT2D eigenvalue weighted by Gasteiger charge is -2.45. The first-order valence-corrected chi connectivity index (χ1v) is 10.1. The van der Waals surface area contributed by atoms with Crippen LogP contribution in [0.3, 0.4) is 0 Å². The van der Waals surface area contributed by atoms with Crippen molar-refractivity contribution in [1.29, 1.82) is 0 Å². The van der Waals surface area contributed by atoms with E-state index < -0.39 is 10.8 Å². The van der Waals surface area contributed by atoms with Gasteiger partial charge in [0.2, 0.25) is 0 Å². The lowest BCUT2D eigenvalue weighted by Crippen LogP contribution is -2.52. The lowest BCUT2D eigenvalue weighted by atomic mass is 9.70. The van der Waals surface area contributed by atoms with Crippen LogP contribution in [-0.4, -0.2) is 52.3 Å². The second kappa shape index (κ2) is 7.10. The van der Waals surface area contributed by atoms with Crippen molar-refractivity contribution in [3.8, 4) is 0 Å². The van der Waals surface area contributed by atoms with Crippen molar-refractivity contribution in [2.45, 2.75) is 58.9 Å². The van der Waals surface area contributed by atoms with Crippen molar-refractivity contribution in [1.82, 2.24) is 10.2 Å². The molecule has 2 fully saturated rings. The zero-order valence-electron chi connectivity index (χ0n) is 14.4. The smallest absolute Gasteiger partial charge is 0.0363 e. The van der Waals surface area contributed by atoms with Crippen molar-refractivity contribution in [2.75, 3.05) is 37.7 Å². The molecule has 0 amide bonds. The fourth-order valence-corrected chi connectivity index (χ4v) is 4.65. The topological polar surface area (TPSA) is 32.3 Å². The van der Waals surface area contributed by atoms with Crippen LogP contribution in [-0.2, 0) is 10.8 Å². The first kappa shape index (κ1) is 17.4. The van der Waals surface area contributed by atoms with Crippen LogP contribution in [0.4, 0.5) is 0 Å². The summed E-state index contributed by atoms with van der Waals surface area (Å²) in [7, 11) is -0.562. The van der Waals surface area contributed by atoms with E-state index in [0.29, 0.717) is 5.41 Å². The van der Waals surface area contributed by atoms with Gasteiger partial charge in [-0.25, -0.2) is 0 Å². The first-order chi connectivity index (χ1) is 9.78. The minimum atomic E-state index is -0.562. The van der Waals surface area contributed by atoms with Gasteiger partial charge in [-0.3, -0.25) is 4.21 Å². The molecule has 0 radical (unpaired) electrons. The van der Waals surface area contributed by atoms with Gasteiger partial charge in [-0.2, -0.15) is 0 Å². The van der Waals surface area contributed by atoms with E-state index in [1.54, 1.807) is 0 Å². The van der Waals surface area contributed by atoms with Crippen LogP contribution in [0.5, 0.6) is 0 Å². The van der Waals surface area contributed by atoms with Crippen LogP contribution in [0.25, 0.3) is 0 Å². The lowest BCUT2D eigenvalue weighted by molar-refractivity contribution is 0.0841. The molecule has 1 saturated heterocycles. The molecule has 1 N–H and O–H groups in total. The van der Waals surface area contributed by atoms with Crippen LogP contribution < -0.4 is 5.32 Å². The molecule has 2 aliphatic rings. The van der Waals surface area contributed by atoms with Gasteiger partial charge >= 0.3 is 0 Å². The van der Waals surface area contributed by atoms with Crippen LogP contribution in [0.15, 0.2) is 0 Å². The molecule has 0 spiro atoms. The number of hydrogen-bond donors (Lipinski definition) is 1. The van der Waals surface area contributed by atoms with Crippen LogP contribution >= 0.6 is 0 Å². The fourth-order valence-electron chi connectivity index (χ4n) is 3.53. The zero-order valence-corrected chi connectivity index (χ0v) is 15.2. The molecule has 1 heterocycles. The summed E-state index contributed by atoms with van der Waals surface area (Å²) < 4.78 is 11.6. The minimum Gasteiger partial charge on any atom is -0.311 e. The maximum atomic E-state index is 11.6. The second-order valence-corrected chi connectivity index (χ2v) is 10.1. The van der Waals surface area contributed by atoms with Crippen LogP contribution in [0.2, 0.25) is 0 Å². The normalized spacial score (nSPS) is 33.2. The molecule has 21 heavy (non-hydrogen) atoms. The van der Waals surface area contributed by atoms with E-state index in [4.69, 9.17) is 0 Å². The highest BCUT2D eigenvalue weighted by Gasteiger charge is 2.37.